The molecule has 0 atom stereocenters. The van der Waals surface area contributed by atoms with Crippen LogP contribution in [-0.4, -0.2) is 27.3 Å². The van der Waals surface area contributed by atoms with E-state index in [0.717, 1.165) is 21.2 Å². The molecule has 1 aromatic heterocycles. The molecule has 32 heavy (non-hydrogen) atoms. The van der Waals surface area contributed by atoms with Gasteiger partial charge in [-0.2, -0.15) is 0 Å². The standard InChI is InChI=1S/C25H21BrO6/c1-28-18-8-16(9-19(10-18)29-2)22-14-31-23-12-20(30-3)11-21(24(22)23)25(27)32-13-15-4-6-17(26)7-5-15/h4-12,14H,13H2,1-3H3. The minimum atomic E-state index is -0.477. The van der Waals surface area contributed by atoms with Crippen LogP contribution in [0.5, 0.6) is 17.2 Å². The third-order valence-corrected chi connectivity index (χ3v) is 5.58. The first kappa shape index (κ1) is 21.8. The number of hydrogen-bond acceptors (Lipinski definition) is 6. The quantitative estimate of drug-likeness (QED) is 0.282. The number of rotatable bonds is 7. The number of carbonyl (C=O) groups is 1. The third-order valence-electron chi connectivity index (χ3n) is 5.05. The van der Waals surface area contributed by atoms with Crippen LogP contribution in [0.1, 0.15) is 15.9 Å². The van der Waals surface area contributed by atoms with Gasteiger partial charge in [-0.3, -0.25) is 0 Å². The summed E-state index contributed by atoms with van der Waals surface area (Å²) in [4.78, 5) is 13.1. The van der Waals surface area contributed by atoms with Crippen molar-refractivity contribution in [2.24, 2.45) is 0 Å². The minimum Gasteiger partial charge on any atom is -0.497 e. The SMILES string of the molecule is COc1cc(OC)cc(-c2coc3cc(OC)cc(C(=O)OCc4ccc(Br)cc4)c23)c1. The Balaban J connectivity index is 1.77. The lowest BCUT2D eigenvalue weighted by Gasteiger charge is -2.11. The van der Waals surface area contributed by atoms with Crippen molar-refractivity contribution in [2.45, 2.75) is 6.61 Å². The average Bonchev–Trinajstić information content (AvgIpc) is 3.26. The van der Waals surface area contributed by atoms with Crippen LogP contribution in [0.15, 0.2) is 69.8 Å². The van der Waals surface area contributed by atoms with Crippen LogP contribution in [0, 0.1) is 0 Å². The van der Waals surface area contributed by atoms with Gasteiger partial charge in [0.05, 0.1) is 33.2 Å². The van der Waals surface area contributed by atoms with Crippen molar-refractivity contribution < 1.29 is 28.2 Å². The lowest BCUT2D eigenvalue weighted by Crippen LogP contribution is -2.06. The van der Waals surface area contributed by atoms with Gasteiger partial charge in [-0.1, -0.05) is 28.1 Å². The first-order valence-corrected chi connectivity index (χ1v) is 10.6. The zero-order chi connectivity index (χ0) is 22.7. The molecule has 6 nitrogen and oxygen atoms in total. The Morgan fingerprint density at radius 1 is 0.875 bits per heavy atom. The van der Waals surface area contributed by atoms with E-state index in [1.807, 2.05) is 36.4 Å². The van der Waals surface area contributed by atoms with E-state index in [4.69, 9.17) is 23.4 Å². The Labute approximate surface area is 193 Å². The molecule has 0 saturated carbocycles. The second-order valence-electron chi connectivity index (χ2n) is 7.00. The Morgan fingerprint density at radius 2 is 1.50 bits per heavy atom. The smallest absolute Gasteiger partial charge is 0.339 e. The summed E-state index contributed by atoms with van der Waals surface area (Å²) in [5, 5.41) is 0.627. The Morgan fingerprint density at radius 3 is 2.12 bits per heavy atom. The maximum Gasteiger partial charge on any atom is 0.339 e. The summed E-state index contributed by atoms with van der Waals surface area (Å²) >= 11 is 3.40. The summed E-state index contributed by atoms with van der Waals surface area (Å²) in [7, 11) is 4.71. The molecule has 0 aliphatic rings. The van der Waals surface area contributed by atoms with E-state index in [1.165, 1.54) is 7.11 Å². The molecule has 0 aliphatic carbocycles. The van der Waals surface area contributed by atoms with E-state index < -0.39 is 5.97 Å². The van der Waals surface area contributed by atoms with Crippen LogP contribution < -0.4 is 14.2 Å². The van der Waals surface area contributed by atoms with Gasteiger partial charge in [-0.25, -0.2) is 4.79 Å². The molecule has 164 valence electrons. The number of methoxy groups -OCH3 is 3. The summed E-state index contributed by atoms with van der Waals surface area (Å²) in [5.41, 5.74) is 3.24. The molecule has 0 spiro atoms. The topological polar surface area (TPSA) is 67.1 Å². The van der Waals surface area contributed by atoms with Crippen molar-refractivity contribution in [1.29, 1.82) is 0 Å². The molecule has 4 rings (SSSR count). The molecule has 0 bridgehead atoms. The van der Waals surface area contributed by atoms with Crippen molar-refractivity contribution in [1.82, 2.24) is 0 Å². The number of hydrogen-bond donors (Lipinski definition) is 0. The van der Waals surface area contributed by atoms with E-state index >= 15 is 0 Å². The van der Waals surface area contributed by atoms with Gasteiger partial charge in [0.1, 0.15) is 29.4 Å². The van der Waals surface area contributed by atoms with Crippen molar-refractivity contribution in [3.63, 3.8) is 0 Å². The molecule has 0 fully saturated rings. The molecule has 0 saturated heterocycles. The highest BCUT2D eigenvalue weighted by molar-refractivity contribution is 9.10. The molecule has 1 heterocycles. The molecule has 0 unspecified atom stereocenters. The van der Waals surface area contributed by atoms with Crippen LogP contribution in [0.4, 0.5) is 0 Å². The van der Waals surface area contributed by atoms with Gasteiger partial charge in [0.25, 0.3) is 0 Å². The van der Waals surface area contributed by atoms with Crippen LogP contribution in [0.2, 0.25) is 0 Å². The molecule has 4 aromatic rings. The number of carbonyl (C=O) groups excluding carboxylic acids is 1. The monoisotopic (exact) mass is 496 g/mol. The Kier molecular flexibility index (Phi) is 6.37. The molecule has 0 amide bonds. The first-order valence-electron chi connectivity index (χ1n) is 9.76. The second kappa shape index (κ2) is 9.36. The fourth-order valence-corrected chi connectivity index (χ4v) is 3.67. The number of furan rings is 1. The zero-order valence-electron chi connectivity index (χ0n) is 17.8. The molecular weight excluding hydrogens is 476 g/mol. The largest absolute Gasteiger partial charge is 0.497 e. The normalized spacial score (nSPS) is 10.8. The van der Waals surface area contributed by atoms with Crippen LogP contribution in [0.25, 0.3) is 22.1 Å². The number of benzene rings is 3. The Hall–Kier alpha value is -3.45. The molecule has 3 aromatic carbocycles. The highest BCUT2D eigenvalue weighted by atomic mass is 79.9. The minimum absolute atomic E-state index is 0.144. The fourth-order valence-electron chi connectivity index (χ4n) is 3.40. The zero-order valence-corrected chi connectivity index (χ0v) is 19.4. The van der Waals surface area contributed by atoms with Gasteiger partial charge in [0.2, 0.25) is 0 Å². The lowest BCUT2D eigenvalue weighted by atomic mass is 10.00. The fraction of sp³-hybridized carbons (Fsp3) is 0.160. The molecule has 0 radical (unpaired) electrons. The predicted octanol–water partition coefficient (Wildman–Crippen LogP) is 6.25. The van der Waals surface area contributed by atoms with E-state index in [1.54, 1.807) is 38.7 Å². The van der Waals surface area contributed by atoms with Crippen LogP contribution in [0.3, 0.4) is 0 Å². The molecule has 0 aliphatic heterocycles. The van der Waals surface area contributed by atoms with Gasteiger partial charge in [0.15, 0.2) is 0 Å². The summed E-state index contributed by atoms with van der Waals surface area (Å²) < 4.78 is 28.5. The Bertz CT molecular complexity index is 1240. The van der Waals surface area contributed by atoms with E-state index in [9.17, 15) is 4.79 Å². The van der Waals surface area contributed by atoms with Gasteiger partial charge >= 0.3 is 5.97 Å². The van der Waals surface area contributed by atoms with Crippen molar-refractivity contribution in [2.75, 3.05) is 21.3 Å². The van der Waals surface area contributed by atoms with Gasteiger partial charge < -0.3 is 23.4 Å². The maximum atomic E-state index is 13.1. The van der Waals surface area contributed by atoms with Gasteiger partial charge in [-0.05, 0) is 41.5 Å². The lowest BCUT2D eigenvalue weighted by molar-refractivity contribution is 0.0474. The summed E-state index contributed by atoms with van der Waals surface area (Å²) in [5.74, 6) is 1.27. The molecule has 0 N–H and O–H groups in total. The van der Waals surface area contributed by atoms with E-state index in [2.05, 4.69) is 15.9 Å². The van der Waals surface area contributed by atoms with E-state index in [0.29, 0.717) is 33.8 Å². The second-order valence-corrected chi connectivity index (χ2v) is 7.92. The molecular formula is C25H21BrO6. The highest BCUT2D eigenvalue weighted by Crippen LogP contribution is 2.39. The number of ether oxygens (including phenoxy) is 4. The van der Waals surface area contributed by atoms with E-state index in [-0.39, 0.29) is 6.61 Å². The summed E-state index contributed by atoms with van der Waals surface area (Å²) in [6.45, 7) is 0.144. The van der Waals surface area contributed by atoms with Crippen LogP contribution >= 0.6 is 15.9 Å². The number of halogens is 1. The summed E-state index contributed by atoms with van der Waals surface area (Å²) in [6.07, 6.45) is 1.60. The van der Waals surface area contributed by atoms with Gasteiger partial charge in [0, 0.05) is 27.6 Å². The highest BCUT2D eigenvalue weighted by Gasteiger charge is 2.21. The average molecular weight is 497 g/mol. The predicted molar refractivity (Wildman–Crippen MR) is 125 cm³/mol. The van der Waals surface area contributed by atoms with Crippen molar-refractivity contribution >= 4 is 32.9 Å². The van der Waals surface area contributed by atoms with Gasteiger partial charge in [-0.15, -0.1) is 0 Å². The van der Waals surface area contributed by atoms with Crippen molar-refractivity contribution in [3.05, 3.63) is 76.5 Å². The first-order chi connectivity index (χ1) is 15.5. The number of esters is 1. The third kappa shape index (κ3) is 4.43. The van der Waals surface area contributed by atoms with Crippen LogP contribution in [-0.2, 0) is 11.3 Å². The number of fused-ring (bicyclic) bond motifs is 1. The maximum absolute atomic E-state index is 13.1. The molecule has 7 heteroatoms. The summed E-state index contributed by atoms with van der Waals surface area (Å²) in [6, 6.07) is 16.5. The van der Waals surface area contributed by atoms with Crippen molar-refractivity contribution in [3.8, 4) is 28.4 Å².